The van der Waals surface area contributed by atoms with Gasteiger partial charge in [-0.25, -0.2) is 4.98 Å². The molecule has 0 amide bonds. The quantitative estimate of drug-likeness (QED) is 0.425. The minimum absolute atomic E-state index is 0.439. The first-order chi connectivity index (χ1) is 16.1. The Hall–Kier alpha value is -2.86. The van der Waals surface area contributed by atoms with E-state index in [9.17, 15) is 0 Å². The summed E-state index contributed by atoms with van der Waals surface area (Å²) in [6.07, 6.45) is 8.25. The molecule has 1 fully saturated rings. The highest BCUT2D eigenvalue weighted by atomic mass is 16.5. The van der Waals surface area contributed by atoms with Crippen LogP contribution in [0, 0.1) is 0 Å². The number of unbranched alkanes of at least 4 members (excludes halogenated alkanes) is 1. The van der Waals surface area contributed by atoms with E-state index in [-0.39, 0.29) is 0 Å². The Bertz CT molecular complexity index is 1010. The number of aromatic nitrogens is 2. The molecule has 2 N–H and O–H groups in total. The minimum Gasteiger partial charge on any atom is -0.497 e. The molecule has 0 bridgehead atoms. The number of hydrogen-bond acceptors (Lipinski definition) is 6. The number of rotatable bonds is 10. The number of nitrogens with zero attached hydrogens (tertiary/aromatic N) is 3. The average molecular weight is 448 g/mol. The second kappa shape index (κ2) is 11.3. The van der Waals surface area contributed by atoms with Crippen molar-refractivity contribution in [3.63, 3.8) is 0 Å². The molecule has 2 aromatic carbocycles. The van der Waals surface area contributed by atoms with E-state index in [1.807, 2.05) is 38.4 Å². The van der Waals surface area contributed by atoms with Crippen LogP contribution in [0.15, 0.2) is 48.5 Å². The second-order valence-corrected chi connectivity index (χ2v) is 9.23. The zero-order chi connectivity index (χ0) is 23.0. The van der Waals surface area contributed by atoms with Crippen LogP contribution >= 0.6 is 0 Å². The number of methoxy groups -OCH3 is 1. The molecule has 1 saturated carbocycles. The molecule has 0 unspecified atom stereocenters. The van der Waals surface area contributed by atoms with Gasteiger partial charge in [0.2, 0.25) is 5.95 Å². The van der Waals surface area contributed by atoms with Crippen molar-refractivity contribution in [2.75, 3.05) is 38.0 Å². The third kappa shape index (κ3) is 6.35. The minimum atomic E-state index is 0.439. The molecule has 0 radical (unpaired) electrons. The lowest BCUT2D eigenvalue weighted by Gasteiger charge is -2.30. The molecular weight excluding hydrogens is 410 g/mol. The summed E-state index contributed by atoms with van der Waals surface area (Å²) < 4.78 is 5.23. The number of nitrogens with one attached hydrogen (secondary N) is 2. The number of benzene rings is 2. The standard InChI is InChI=1S/C27H37N5O/c1-32(2)26-24-9-4-5-10-25(24)30-27(31-26)29-22-15-13-21(14-16-22)28-19-7-6-8-20-11-17-23(33-3)18-12-20/h4-5,9-12,17-18,21-22,28H,6-8,13-16,19H2,1-3H3,(H,29,30,31). The first kappa shape index (κ1) is 23.3. The largest absolute Gasteiger partial charge is 0.497 e. The summed E-state index contributed by atoms with van der Waals surface area (Å²) in [5.41, 5.74) is 2.37. The van der Waals surface area contributed by atoms with Crippen molar-refractivity contribution >= 4 is 22.7 Å². The van der Waals surface area contributed by atoms with Gasteiger partial charge in [0.15, 0.2) is 0 Å². The molecule has 0 atom stereocenters. The van der Waals surface area contributed by atoms with E-state index in [4.69, 9.17) is 14.7 Å². The van der Waals surface area contributed by atoms with Crippen molar-refractivity contribution in [1.82, 2.24) is 15.3 Å². The SMILES string of the molecule is COc1ccc(CCCCNC2CCC(Nc3nc(N(C)C)c4ccccc4n3)CC2)cc1. The van der Waals surface area contributed by atoms with Gasteiger partial charge in [-0.2, -0.15) is 4.98 Å². The van der Waals surface area contributed by atoms with Crippen LogP contribution in [0.3, 0.4) is 0 Å². The van der Waals surface area contributed by atoms with Crippen molar-refractivity contribution < 1.29 is 4.74 Å². The predicted octanol–water partition coefficient (Wildman–Crippen LogP) is 5.04. The average Bonchev–Trinajstić information content (AvgIpc) is 2.84. The molecule has 0 spiro atoms. The molecule has 0 saturated heterocycles. The molecule has 1 aliphatic carbocycles. The van der Waals surface area contributed by atoms with E-state index in [1.165, 1.54) is 31.2 Å². The van der Waals surface area contributed by atoms with E-state index in [2.05, 4.69) is 39.8 Å². The molecule has 0 aliphatic heterocycles. The Balaban J connectivity index is 1.18. The summed E-state index contributed by atoms with van der Waals surface area (Å²) in [5.74, 6) is 2.64. The summed E-state index contributed by atoms with van der Waals surface area (Å²) in [7, 11) is 5.78. The second-order valence-electron chi connectivity index (χ2n) is 9.23. The number of fused-ring (bicyclic) bond motifs is 1. The van der Waals surface area contributed by atoms with Crippen molar-refractivity contribution in [2.45, 2.75) is 57.0 Å². The molecule has 3 aromatic rings. The van der Waals surface area contributed by atoms with Crippen molar-refractivity contribution in [1.29, 1.82) is 0 Å². The van der Waals surface area contributed by atoms with E-state index in [0.717, 1.165) is 54.2 Å². The lowest BCUT2D eigenvalue weighted by molar-refractivity contribution is 0.351. The van der Waals surface area contributed by atoms with Gasteiger partial charge in [0.05, 0.1) is 12.6 Å². The third-order valence-electron chi connectivity index (χ3n) is 6.55. The molecule has 1 aromatic heterocycles. The summed E-state index contributed by atoms with van der Waals surface area (Å²) >= 11 is 0. The number of para-hydroxylation sites is 1. The lowest BCUT2D eigenvalue weighted by Crippen LogP contribution is -2.37. The van der Waals surface area contributed by atoms with Crippen LogP contribution in [-0.4, -0.2) is 49.8 Å². The first-order valence-corrected chi connectivity index (χ1v) is 12.2. The summed E-state index contributed by atoms with van der Waals surface area (Å²) in [6.45, 7) is 1.10. The van der Waals surface area contributed by atoms with Gasteiger partial charge in [0.25, 0.3) is 0 Å². The molecule has 33 heavy (non-hydrogen) atoms. The Morgan fingerprint density at radius 3 is 2.36 bits per heavy atom. The summed E-state index contributed by atoms with van der Waals surface area (Å²) in [6, 6.07) is 17.7. The normalized spacial score (nSPS) is 18.3. The maximum atomic E-state index is 5.23. The zero-order valence-electron chi connectivity index (χ0n) is 20.2. The van der Waals surface area contributed by atoms with Crippen LogP contribution in [0.25, 0.3) is 10.9 Å². The van der Waals surface area contributed by atoms with Gasteiger partial charge in [-0.05, 0) is 81.3 Å². The monoisotopic (exact) mass is 447 g/mol. The van der Waals surface area contributed by atoms with Crippen molar-refractivity contribution in [3.05, 3.63) is 54.1 Å². The van der Waals surface area contributed by atoms with Gasteiger partial charge in [-0.3, -0.25) is 0 Å². The number of anilines is 2. The molecule has 6 nitrogen and oxygen atoms in total. The molecule has 176 valence electrons. The van der Waals surface area contributed by atoms with Crippen LogP contribution in [0.1, 0.15) is 44.1 Å². The highest BCUT2D eigenvalue weighted by Crippen LogP contribution is 2.26. The fraction of sp³-hybridized carbons (Fsp3) is 0.481. The highest BCUT2D eigenvalue weighted by Gasteiger charge is 2.21. The number of ether oxygens (including phenoxy) is 1. The van der Waals surface area contributed by atoms with E-state index < -0.39 is 0 Å². The maximum Gasteiger partial charge on any atom is 0.225 e. The number of hydrogen-bond donors (Lipinski definition) is 2. The van der Waals surface area contributed by atoms with Crippen LogP contribution < -0.4 is 20.3 Å². The van der Waals surface area contributed by atoms with Gasteiger partial charge in [-0.1, -0.05) is 24.3 Å². The fourth-order valence-electron chi connectivity index (χ4n) is 4.64. The van der Waals surface area contributed by atoms with Crippen LogP contribution in [0.4, 0.5) is 11.8 Å². The van der Waals surface area contributed by atoms with Gasteiger partial charge >= 0.3 is 0 Å². The molecule has 6 heteroatoms. The van der Waals surface area contributed by atoms with Crippen LogP contribution in [-0.2, 0) is 6.42 Å². The van der Waals surface area contributed by atoms with Gasteiger partial charge in [0, 0.05) is 31.6 Å². The van der Waals surface area contributed by atoms with Crippen LogP contribution in [0.2, 0.25) is 0 Å². The summed E-state index contributed by atoms with van der Waals surface area (Å²) in [5, 5.41) is 8.47. The van der Waals surface area contributed by atoms with Gasteiger partial charge < -0.3 is 20.3 Å². The highest BCUT2D eigenvalue weighted by molar-refractivity contribution is 5.90. The molecular formula is C27H37N5O. The predicted molar refractivity (Wildman–Crippen MR) is 137 cm³/mol. The maximum absolute atomic E-state index is 5.23. The van der Waals surface area contributed by atoms with Crippen molar-refractivity contribution in [2.24, 2.45) is 0 Å². The Kier molecular flexibility index (Phi) is 8.00. The number of aryl methyl sites for hydroxylation is 1. The summed E-state index contributed by atoms with van der Waals surface area (Å²) in [4.78, 5) is 11.6. The fourth-order valence-corrected chi connectivity index (χ4v) is 4.64. The third-order valence-corrected chi connectivity index (χ3v) is 6.55. The first-order valence-electron chi connectivity index (χ1n) is 12.2. The van der Waals surface area contributed by atoms with E-state index in [0.29, 0.717) is 12.1 Å². The molecule has 1 aliphatic rings. The Labute approximate surface area is 197 Å². The molecule has 4 rings (SSSR count). The van der Waals surface area contributed by atoms with E-state index in [1.54, 1.807) is 7.11 Å². The smallest absolute Gasteiger partial charge is 0.225 e. The Morgan fingerprint density at radius 2 is 1.64 bits per heavy atom. The Morgan fingerprint density at radius 1 is 0.909 bits per heavy atom. The zero-order valence-corrected chi connectivity index (χ0v) is 20.2. The van der Waals surface area contributed by atoms with Gasteiger partial charge in [-0.15, -0.1) is 0 Å². The lowest BCUT2D eigenvalue weighted by atomic mass is 9.91. The van der Waals surface area contributed by atoms with Crippen LogP contribution in [0.5, 0.6) is 5.75 Å². The topological polar surface area (TPSA) is 62.3 Å². The van der Waals surface area contributed by atoms with E-state index >= 15 is 0 Å². The molecule has 1 heterocycles. The van der Waals surface area contributed by atoms with Gasteiger partial charge in [0.1, 0.15) is 11.6 Å². The van der Waals surface area contributed by atoms with Crippen molar-refractivity contribution in [3.8, 4) is 5.75 Å².